The van der Waals surface area contributed by atoms with Crippen LogP contribution in [0.25, 0.3) is 16.0 Å². The van der Waals surface area contributed by atoms with Gasteiger partial charge >= 0.3 is 21.7 Å². The Morgan fingerprint density at radius 2 is 1.15 bits per heavy atom. The van der Waals surface area contributed by atoms with Crippen LogP contribution in [0.15, 0.2) is 43.0 Å². The zero-order valence-corrected chi connectivity index (χ0v) is 16.2. The van der Waals surface area contributed by atoms with Crippen LogP contribution in [0.1, 0.15) is 13.8 Å². The molecule has 0 N–H and O–H groups in total. The molecule has 0 atom stereocenters. The van der Waals surface area contributed by atoms with Crippen LogP contribution < -0.4 is 0 Å². The topological polar surface area (TPSA) is 42.3 Å². The average molecular weight is 315 g/mol. The minimum atomic E-state index is 0. The fourth-order valence-corrected chi connectivity index (χ4v) is 0.111. The minimum Gasteiger partial charge on any atom is -0.668 e. The van der Waals surface area contributed by atoms with Crippen molar-refractivity contribution in [2.45, 2.75) is 13.8 Å². The van der Waals surface area contributed by atoms with E-state index >= 15 is 0 Å². The summed E-state index contributed by atoms with van der Waals surface area (Å²) in [6.45, 7) is 15.8. The maximum atomic E-state index is 4.93. The summed E-state index contributed by atoms with van der Waals surface area (Å²) in [4.78, 5) is 0. The van der Waals surface area contributed by atoms with Gasteiger partial charge in [-0.2, -0.15) is 48.4 Å². The molecule has 0 bridgehead atoms. The molecular formula is C16H33N3Ti. The number of rotatable bonds is 2. The number of hydrogen-bond acceptors (Lipinski definition) is 0. The van der Waals surface area contributed by atoms with Gasteiger partial charge in [-0.3, -0.25) is 6.58 Å². The molecule has 0 unspecified atom stereocenters. The van der Waals surface area contributed by atoms with Crippen LogP contribution in [-0.4, -0.2) is 42.3 Å². The van der Waals surface area contributed by atoms with Crippen LogP contribution in [0.5, 0.6) is 0 Å². The molecule has 0 aliphatic rings. The van der Waals surface area contributed by atoms with E-state index in [4.69, 9.17) is 6.58 Å². The molecule has 20 heavy (non-hydrogen) atoms. The normalized spacial score (nSPS) is 6.60. The van der Waals surface area contributed by atoms with Gasteiger partial charge in [0.25, 0.3) is 0 Å². The number of hydrogen-bond donors (Lipinski definition) is 0. The Kier molecular flexibility index (Phi) is 115. The van der Waals surface area contributed by atoms with Gasteiger partial charge in [-0.1, -0.05) is 31.7 Å². The predicted molar refractivity (Wildman–Crippen MR) is 94.3 cm³/mol. The van der Waals surface area contributed by atoms with Gasteiger partial charge in [0.2, 0.25) is 0 Å². The Balaban J connectivity index is -0.0000000310. The Morgan fingerprint density at radius 3 is 1.15 bits per heavy atom. The minimum absolute atomic E-state index is 0. The van der Waals surface area contributed by atoms with E-state index in [0.717, 1.165) is 5.57 Å². The molecule has 0 saturated carbocycles. The molecule has 0 radical (unpaired) electrons. The van der Waals surface area contributed by atoms with Crippen LogP contribution in [0.3, 0.4) is 0 Å². The second kappa shape index (κ2) is 62.6. The van der Waals surface area contributed by atoms with E-state index in [1.165, 1.54) is 6.08 Å². The van der Waals surface area contributed by atoms with Gasteiger partial charge in [0, 0.05) is 0 Å². The molecule has 3 nitrogen and oxygen atoms in total. The van der Waals surface area contributed by atoms with Crippen molar-refractivity contribution in [1.29, 1.82) is 0 Å². The summed E-state index contributed by atoms with van der Waals surface area (Å²) in [6, 6.07) is 0. The monoisotopic (exact) mass is 315 g/mol. The van der Waals surface area contributed by atoms with Gasteiger partial charge in [-0.15, -0.1) is 0 Å². The van der Waals surface area contributed by atoms with Crippen molar-refractivity contribution in [3.8, 4) is 0 Å². The Hall–Kier alpha value is -0.446. The molecule has 0 rings (SSSR count). The second-order valence-corrected chi connectivity index (χ2v) is 3.11. The van der Waals surface area contributed by atoms with Crippen molar-refractivity contribution in [1.82, 2.24) is 0 Å². The fourth-order valence-electron chi connectivity index (χ4n) is 0.111. The molecule has 0 aliphatic carbocycles. The molecule has 0 fully saturated rings. The predicted octanol–water partition coefficient (Wildman–Crippen LogP) is 5.16. The first-order chi connectivity index (χ1) is 8.93. The molecule has 0 saturated heterocycles. The van der Waals surface area contributed by atoms with E-state index in [2.05, 4.69) is 29.1 Å². The van der Waals surface area contributed by atoms with Gasteiger partial charge < -0.3 is 16.0 Å². The molecule has 4 heteroatoms. The third-order valence-corrected chi connectivity index (χ3v) is 0.652. The van der Waals surface area contributed by atoms with Crippen LogP contribution >= 0.6 is 0 Å². The summed E-state index contributed by atoms with van der Waals surface area (Å²) in [5, 5.41) is 10.5. The molecule has 0 spiro atoms. The molecule has 0 aromatic rings. The van der Waals surface area contributed by atoms with Crippen LogP contribution in [0.2, 0.25) is 0 Å². The zero-order chi connectivity index (χ0) is 16.5. The maximum absolute atomic E-state index is 4.93. The standard InChI is InChI=1S/C5H8.C5H7.3C2H6N.Ti/c1-4-5(2)3;1-3-5-4-2;3*1-3-2;/h4H,1-2H2,3H3;1,3-5H,2H3;3*1-2H3;/q;4*-1;+4. The summed E-state index contributed by atoms with van der Waals surface area (Å²) in [6.07, 6.45) is 6.88. The van der Waals surface area contributed by atoms with E-state index < -0.39 is 0 Å². The Morgan fingerprint density at radius 1 is 0.950 bits per heavy atom. The second-order valence-electron chi connectivity index (χ2n) is 3.11. The van der Waals surface area contributed by atoms with Gasteiger partial charge in [0.05, 0.1) is 0 Å². The summed E-state index contributed by atoms with van der Waals surface area (Å²) in [5.74, 6) is 0. The summed E-state index contributed by atoms with van der Waals surface area (Å²) in [5.41, 5.74) is 1.02. The summed E-state index contributed by atoms with van der Waals surface area (Å²) >= 11 is 0. The van der Waals surface area contributed by atoms with Crippen molar-refractivity contribution in [2.75, 3.05) is 42.3 Å². The SMILES string of the molecule is C=CC(=C)C.C[N-]C.C[N-]C.C[N-]C.[CH-]=CC=CC.[Ti+4]. The van der Waals surface area contributed by atoms with Crippen molar-refractivity contribution in [3.63, 3.8) is 0 Å². The number of allylic oxidation sites excluding steroid dienone is 5. The van der Waals surface area contributed by atoms with E-state index in [0.29, 0.717) is 0 Å². The molecule has 0 heterocycles. The molecule has 0 aromatic heterocycles. The zero-order valence-electron chi connectivity index (χ0n) is 14.6. The van der Waals surface area contributed by atoms with E-state index in [1.54, 1.807) is 54.4 Å². The van der Waals surface area contributed by atoms with Gasteiger partial charge in [0.15, 0.2) is 0 Å². The quantitative estimate of drug-likeness (QED) is 0.384. The Labute approximate surface area is 143 Å². The average Bonchev–Trinajstić information content (AvgIpc) is 2.34. The third kappa shape index (κ3) is 381. The molecule has 0 amide bonds. The van der Waals surface area contributed by atoms with Crippen molar-refractivity contribution in [3.05, 3.63) is 65.6 Å². The molecule has 0 aromatic carbocycles. The third-order valence-electron chi connectivity index (χ3n) is 0.652. The van der Waals surface area contributed by atoms with E-state index in [9.17, 15) is 0 Å². The smallest absolute Gasteiger partial charge is 0.668 e. The first-order valence-electron chi connectivity index (χ1n) is 5.81. The largest absolute Gasteiger partial charge is 4.00 e. The van der Waals surface area contributed by atoms with Crippen molar-refractivity contribution >= 4 is 0 Å². The first kappa shape index (κ1) is 36.6. The van der Waals surface area contributed by atoms with Gasteiger partial charge in [0.1, 0.15) is 0 Å². The van der Waals surface area contributed by atoms with Crippen LogP contribution in [-0.2, 0) is 21.7 Å². The Bertz CT molecular complexity index is 174. The number of nitrogens with zero attached hydrogens (tertiary/aromatic N) is 3. The first-order valence-corrected chi connectivity index (χ1v) is 5.81. The van der Waals surface area contributed by atoms with Crippen LogP contribution in [0, 0.1) is 6.58 Å². The van der Waals surface area contributed by atoms with Crippen molar-refractivity contribution in [2.24, 2.45) is 0 Å². The molecule has 0 aliphatic heterocycles. The van der Waals surface area contributed by atoms with Gasteiger partial charge in [-0.25, -0.2) is 12.2 Å². The van der Waals surface area contributed by atoms with E-state index in [-0.39, 0.29) is 21.7 Å². The van der Waals surface area contributed by atoms with Crippen LogP contribution in [0.4, 0.5) is 0 Å². The summed E-state index contributed by atoms with van der Waals surface area (Å²) < 4.78 is 0. The summed E-state index contributed by atoms with van der Waals surface area (Å²) in [7, 11) is 10.5. The van der Waals surface area contributed by atoms with Gasteiger partial charge in [-0.05, 0) is 6.92 Å². The van der Waals surface area contributed by atoms with E-state index in [1.807, 2.05) is 19.9 Å². The molecular weight excluding hydrogens is 282 g/mol. The fraction of sp³-hybridized carbons (Fsp3) is 0.500. The maximum Gasteiger partial charge on any atom is 4.00 e. The van der Waals surface area contributed by atoms with Crippen molar-refractivity contribution < 1.29 is 21.7 Å². The molecule has 116 valence electrons.